The van der Waals surface area contributed by atoms with Crippen LogP contribution in [0.1, 0.15) is 5.69 Å². The molecular weight excluding hydrogens is 340 g/mol. The molecule has 0 bridgehead atoms. The van der Waals surface area contributed by atoms with E-state index in [0.29, 0.717) is 11.2 Å². The molecule has 0 saturated carbocycles. The summed E-state index contributed by atoms with van der Waals surface area (Å²) in [7, 11) is -3.79. The molecule has 1 atom stereocenters. The molecule has 0 amide bonds. The second-order valence-electron chi connectivity index (χ2n) is 5.75. The molecule has 1 aromatic heterocycles. The van der Waals surface area contributed by atoms with Gasteiger partial charge in [-0.25, -0.2) is 13.4 Å². The summed E-state index contributed by atoms with van der Waals surface area (Å²) in [5.74, 6) is -1.25. The molecule has 8 heteroatoms. The number of aromatic nitrogens is 1. The van der Waals surface area contributed by atoms with Crippen LogP contribution in [-0.2, 0) is 14.8 Å². The Morgan fingerprint density at radius 1 is 1.24 bits per heavy atom. The first-order valence-corrected chi connectivity index (χ1v) is 9.26. The smallest absolute Gasteiger partial charge is 0.210 e. The molecule has 128 valence electrons. The minimum Gasteiger partial charge on any atom is -0.385 e. The van der Waals surface area contributed by atoms with Gasteiger partial charge in [-0.3, -0.25) is 10.2 Å². The van der Waals surface area contributed by atoms with Crippen molar-refractivity contribution in [1.82, 2.24) is 9.71 Å². The van der Waals surface area contributed by atoms with E-state index < -0.39 is 27.2 Å². The summed E-state index contributed by atoms with van der Waals surface area (Å²) in [5.41, 5.74) is 4.89. The first-order valence-electron chi connectivity index (χ1n) is 7.37. The van der Waals surface area contributed by atoms with Crippen LogP contribution in [0.15, 0.2) is 54.6 Å². The Hall–Kier alpha value is -2.84. The number of nitrogens with zero attached hydrogens (tertiary/aromatic N) is 1. The first-order chi connectivity index (χ1) is 11.7. The SMILES string of the molecule is CS(=O)(=O)NC1(C(=N)N)C=CC=C(c2ccc3ccccc3n2)C1=O. The number of carbonyl (C=O) groups is 1. The maximum Gasteiger partial charge on any atom is 0.210 e. The fourth-order valence-electron chi connectivity index (χ4n) is 2.71. The summed E-state index contributed by atoms with van der Waals surface area (Å²) in [4.78, 5) is 17.5. The van der Waals surface area contributed by atoms with E-state index in [9.17, 15) is 13.2 Å². The minimum absolute atomic E-state index is 0.180. The topological polar surface area (TPSA) is 126 Å². The van der Waals surface area contributed by atoms with Crippen molar-refractivity contribution in [3.8, 4) is 0 Å². The quantitative estimate of drug-likeness (QED) is 0.556. The third kappa shape index (κ3) is 3.09. The predicted molar refractivity (Wildman–Crippen MR) is 96.5 cm³/mol. The molecule has 0 aliphatic heterocycles. The molecule has 3 rings (SSSR count). The third-order valence-corrected chi connectivity index (χ3v) is 4.55. The lowest BCUT2D eigenvalue weighted by atomic mass is 9.83. The van der Waals surface area contributed by atoms with Gasteiger partial charge in [0.1, 0.15) is 5.84 Å². The highest BCUT2D eigenvalue weighted by atomic mass is 32.2. The second-order valence-corrected chi connectivity index (χ2v) is 7.50. The number of hydrogen-bond donors (Lipinski definition) is 3. The van der Waals surface area contributed by atoms with Crippen molar-refractivity contribution in [3.05, 3.63) is 60.3 Å². The molecule has 1 aromatic carbocycles. The van der Waals surface area contributed by atoms with Gasteiger partial charge in [-0.1, -0.05) is 30.3 Å². The molecular formula is C17H16N4O3S. The molecule has 1 aliphatic carbocycles. The van der Waals surface area contributed by atoms with E-state index in [1.807, 2.05) is 30.3 Å². The lowest BCUT2D eigenvalue weighted by Gasteiger charge is -2.30. The number of amidine groups is 1. The Bertz CT molecular complexity index is 1060. The van der Waals surface area contributed by atoms with Crippen LogP contribution in [0.2, 0.25) is 0 Å². The number of para-hydroxylation sites is 1. The Labute approximate surface area is 144 Å². The first kappa shape index (κ1) is 17.0. The number of Topliss-reactive ketones (excluding diaryl/α,β-unsaturated/α-hetero) is 1. The summed E-state index contributed by atoms with van der Waals surface area (Å²) in [6, 6.07) is 10.9. The monoisotopic (exact) mass is 356 g/mol. The third-order valence-electron chi connectivity index (χ3n) is 3.86. The molecule has 1 aliphatic rings. The number of nitrogens with two attached hydrogens (primary N) is 1. The van der Waals surface area contributed by atoms with Crippen LogP contribution in [0.3, 0.4) is 0 Å². The van der Waals surface area contributed by atoms with E-state index in [1.165, 1.54) is 18.2 Å². The van der Waals surface area contributed by atoms with Crippen molar-refractivity contribution >= 4 is 38.1 Å². The maximum absolute atomic E-state index is 13.0. The fraction of sp³-hybridized carbons (Fsp3) is 0.118. The van der Waals surface area contributed by atoms with E-state index in [-0.39, 0.29) is 5.57 Å². The molecule has 1 heterocycles. The number of carbonyl (C=O) groups excluding carboxylic acids is 1. The zero-order chi connectivity index (χ0) is 18.2. The molecule has 4 N–H and O–H groups in total. The van der Waals surface area contributed by atoms with Crippen LogP contribution in [0.4, 0.5) is 0 Å². The maximum atomic E-state index is 13.0. The van der Waals surface area contributed by atoms with E-state index in [1.54, 1.807) is 6.07 Å². The lowest BCUT2D eigenvalue weighted by Crippen LogP contribution is -2.61. The van der Waals surface area contributed by atoms with Gasteiger partial charge in [0.2, 0.25) is 10.0 Å². The van der Waals surface area contributed by atoms with Crippen LogP contribution in [-0.4, -0.2) is 36.8 Å². The van der Waals surface area contributed by atoms with Crippen molar-refractivity contribution in [1.29, 1.82) is 5.41 Å². The van der Waals surface area contributed by atoms with Gasteiger partial charge in [0.15, 0.2) is 11.3 Å². The summed E-state index contributed by atoms with van der Waals surface area (Å²) in [5, 5.41) is 8.68. The molecule has 0 saturated heterocycles. The Balaban J connectivity index is 2.11. The number of rotatable bonds is 4. The average Bonchev–Trinajstić information content (AvgIpc) is 2.55. The molecule has 0 spiro atoms. The standard InChI is InChI=1S/C17H16N4O3S/c1-25(23,24)21-17(16(18)19)10-4-6-12(15(17)22)14-9-8-11-5-2-3-7-13(11)20-14/h2-10,21H,1H3,(H3,18,19). The number of ketones is 1. The number of hydrogen-bond acceptors (Lipinski definition) is 5. The lowest BCUT2D eigenvalue weighted by molar-refractivity contribution is -0.115. The number of pyridine rings is 1. The van der Waals surface area contributed by atoms with Crippen LogP contribution in [0, 0.1) is 5.41 Å². The zero-order valence-electron chi connectivity index (χ0n) is 13.4. The largest absolute Gasteiger partial charge is 0.385 e. The van der Waals surface area contributed by atoms with Crippen LogP contribution >= 0.6 is 0 Å². The van der Waals surface area contributed by atoms with E-state index in [4.69, 9.17) is 11.1 Å². The van der Waals surface area contributed by atoms with Gasteiger partial charge in [-0.2, -0.15) is 4.72 Å². The second kappa shape index (κ2) is 5.91. The Morgan fingerprint density at radius 3 is 2.64 bits per heavy atom. The summed E-state index contributed by atoms with van der Waals surface area (Å²) in [6.07, 6.45) is 5.20. The molecule has 25 heavy (non-hydrogen) atoms. The normalized spacial score (nSPS) is 20.5. The fourth-order valence-corrected chi connectivity index (χ4v) is 3.57. The highest BCUT2D eigenvalue weighted by Gasteiger charge is 2.45. The molecule has 0 radical (unpaired) electrons. The van der Waals surface area contributed by atoms with Gasteiger partial charge in [0.25, 0.3) is 0 Å². The van der Waals surface area contributed by atoms with Gasteiger partial charge < -0.3 is 5.73 Å². The van der Waals surface area contributed by atoms with E-state index in [2.05, 4.69) is 9.71 Å². The molecule has 0 fully saturated rings. The number of fused-ring (bicyclic) bond motifs is 1. The average molecular weight is 356 g/mol. The summed E-state index contributed by atoms with van der Waals surface area (Å²) >= 11 is 0. The summed E-state index contributed by atoms with van der Waals surface area (Å²) in [6.45, 7) is 0. The summed E-state index contributed by atoms with van der Waals surface area (Å²) < 4.78 is 25.6. The van der Waals surface area contributed by atoms with E-state index >= 15 is 0 Å². The van der Waals surface area contributed by atoms with Crippen molar-refractivity contribution in [2.75, 3.05) is 6.26 Å². The number of nitrogens with one attached hydrogen (secondary N) is 2. The molecule has 1 unspecified atom stereocenters. The van der Waals surface area contributed by atoms with Gasteiger partial charge in [-0.05, 0) is 24.3 Å². The van der Waals surface area contributed by atoms with Crippen LogP contribution < -0.4 is 10.5 Å². The molecule has 7 nitrogen and oxygen atoms in total. The van der Waals surface area contributed by atoms with Crippen LogP contribution in [0.25, 0.3) is 16.5 Å². The molecule has 2 aromatic rings. The van der Waals surface area contributed by atoms with Crippen molar-refractivity contribution < 1.29 is 13.2 Å². The van der Waals surface area contributed by atoms with Gasteiger partial charge >= 0.3 is 0 Å². The minimum atomic E-state index is -3.79. The Morgan fingerprint density at radius 2 is 1.96 bits per heavy atom. The number of allylic oxidation sites excluding steroid dienone is 2. The highest BCUT2D eigenvalue weighted by molar-refractivity contribution is 7.88. The predicted octanol–water partition coefficient (Wildman–Crippen LogP) is 0.981. The number of sulfonamides is 1. The van der Waals surface area contributed by atoms with Crippen molar-refractivity contribution in [2.24, 2.45) is 5.73 Å². The Kier molecular flexibility index (Phi) is 4.02. The number of benzene rings is 1. The van der Waals surface area contributed by atoms with Crippen molar-refractivity contribution in [2.45, 2.75) is 5.54 Å². The van der Waals surface area contributed by atoms with Crippen molar-refractivity contribution in [3.63, 3.8) is 0 Å². The highest BCUT2D eigenvalue weighted by Crippen LogP contribution is 2.27. The van der Waals surface area contributed by atoms with Gasteiger partial charge in [0.05, 0.1) is 17.5 Å². The van der Waals surface area contributed by atoms with E-state index in [0.717, 1.165) is 11.6 Å². The van der Waals surface area contributed by atoms with Gasteiger partial charge in [-0.15, -0.1) is 0 Å². The van der Waals surface area contributed by atoms with Crippen LogP contribution in [0.5, 0.6) is 0 Å². The van der Waals surface area contributed by atoms with Gasteiger partial charge in [0, 0.05) is 11.0 Å². The zero-order valence-corrected chi connectivity index (χ0v) is 14.2.